The van der Waals surface area contributed by atoms with Crippen LogP contribution in [0.2, 0.25) is 0 Å². The predicted octanol–water partition coefficient (Wildman–Crippen LogP) is 8.82. The summed E-state index contributed by atoms with van der Waals surface area (Å²) in [6.45, 7) is 8.59. The fraction of sp³-hybridized carbons (Fsp3) is 1.00. The van der Waals surface area contributed by atoms with Gasteiger partial charge >= 0.3 is 0 Å². The monoisotopic (exact) mass is 384 g/mol. The summed E-state index contributed by atoms with van der Waals surface area (Å²) in [4.78, 5) is 0. The molecule has 2 nitrogen and oxygen atoms in total. The Morgan fingerprint density at radius 1 is 0.407 bits per heavy atom. The normalized spacial score (nSPS) is 11.6. The third-order valence-corrected chi connectivity index (χ3v) is 5.40. The fourth-order valence-electron chi connectivity index (χ4n) is 3.50. The van der Waals surface area contributed by atoms with E-state index in [4.69, 9.17) is 9.47 Å². The Kier molecular flexibility index (Phi) is 23.9. The van der Waals surface area contributed by atoms with Gasteiger partial charge in [-0.05, 0) is 25.7 Å². The zero-order valence-corrected chi connectivity index (χ0v) is 19.2. The molecule has 27 heavy (non-hydrogen) atoms. The molecule has 0 aliphatic carbocycles. The lowest BCUT2D eigenvalue weighted by Gasteiger charge is -2.19. The molecule has 0 amide bonds. The standard InChI is InChI=1S/C25H52O2/c1-4-7-10-13-16-19-22-25(26-23-20-17-14-11-8-5-2)27-24-21-18-15-12-9-6-3/h25H,4-24H2,1-3H3. The Bertz CT molecular complexity index is 237. The van der Waals surface area contributed by atoms with Gasteiger partial charge in [-0.1, -0.05) is 117 Å². The van der Waals surface area contributed by atoms with Gasteiger partial charge in [0.15, 0.2) is 6.29 Å². The van der Waals surface area contributed by atoms with Gasteiger partial charge < -0.3 is 9.47 Å². The molecule has 0 spiro atoms. The second-order valence-electron chi connectivity index (χ2n) is 8.26. The second-order valence-corrected chi connectivity index (χ2v) is 8.26. The molecule has 0 radical (unpaired) electrons. The van der Waals surface area contributed by atoms with Crippen LogP contribution in [0.3, 0.4) is 0 Å². The summed E-state index contributed by atoms with van der Waals surface area (Å²) in [6.07, 6.45) is 25.0. The number of rotatable bonds is 23. The van der Waals surface area contributed by atoms with Crippen LogP contribution in [0, 0.1) is 0 Å². The molecule has 0 aromatic rings. The quantitative estimate of drug-likeness (QED) is 0.129. The van der Waals surface area contributed by atoms with E-state index < -0.39 is 0 Å². The number of hydrogen-bond acceptors (Lipinski definition) is 2. The van der Waals surface area contributed by atoms with E-state index in [0.29, 0.717) is 0 Å². The van der Waals surface area contributed by atoms with Crippen LogP contribution in [0.5, 0.6) is 0 Å². The van der Waals surface area contributed by atoms with Gasteiger partial charge in [-0.2, -0.15) is 0 Å². The Labute approximate surface area is 172 Å². The molecule has 164 valence electrons. The van der Waals surface area contributed by atoms with Crippen LogP contribution >= 0.6 is 0 Å². The first-order valence-corrected chi connectivity index (χ1v) is 12.6. The molecule has 0 unspecified atom stereocenters. The first-order valence-electron chi connectivity index (χ1n) is 12.6. The van der Waals surface area contributed by atoms with Gasteiger partial charge in [0.2, 0.25) is 0 Å². The van der Waals surface area contributed by atoms with Crippen molar-refractivity contribution in [3.8, 4) is 0 Å². The minimum atomic E-state index is 0.0439. The van der Waals surface area contributed by atoms with E-state index in [1.807, 2.05) is 0 Å². The highest BCUT2D eigenvalue weighted by molar-refractivity contribution is 4.52. The van der Waals surface area contributed by atoms with Crippen LogP contribution < -0.4 is 0 Å². The zero-order chi connectivity index (χ0) is 19.8. The van der Waals surface area contributed by atoms with Crippen molar-refractivity contribution >= 4 is 0 Å². The molecule has 0 saturated heterocycles. The van der Waals surface area contributed by atoms with Crippen LogP contribution in [0.4, 0.5) is 0 Å². The first kappa shape index (κ1) is 26.9. The van der Waals surface area contributed by atoms with Crippen molar-refractivity contribution in [1.29, 1.82) is 0 Å². The van der Waals surface area contributed by atoms with Crippen molar-refractivity contribution in [2.75, 3.05) is 13.2 Å². The third kappa shape index (κ3) is 22.1. The van der Waals surface area contributed by atoms with Crippen LogP contribution in [0.1, 0.15) is 143 Å². The average molecular weight is 385 g/mol. The molecule has 0 heterocycles. The molecule has 0 atom stereocenters. The third-order valence-electron chi connectivity index (χ3n) is 5.40. The summed E-state index contributed by atoms with van der Waals surface area (Å²) in [5.41, 5.74) is 0. The fourth-order valence-corrected chi connectivity index (χ4v) is 3.50. The summed E-state index contributed by atoms with van der Waals surface area (Å²) in [6, 6.07) is 0. The number of hydrogen-bond donors (Lipinski definition) is 0. The SMILES string of the molecule is CCCCCCCCOC(CCCCCCCC)OCCCCCCCC. The molecule has 0 rings (SSSR count). The Balaban J connectivity index is 3.78. The molecular formula is C25H52O2. The van der Waals surface area contributed by atoms with E-state index in [2.05, 4.69) is 20.8 Å². The van der Waals surface area contributed by atoms with Crippen LogP contribution in [-0.4, -0.2) is 19.5 Å². The molecule has 0 fully saturated rings. The van der Waals surface area contributed by atoms with Crippen molar-refractivity contribution in [3.05, 3.63) is 0 Å². The summed E-state index contributed by atoms with van der Waals surface area (Å²) in [5, 5.41) is 0. The van der Waals surface area contributed by atoms with Gasteiger partial charge in [-0.3, -0.25) is 0 Å². The topological polar surface area (TPSA) is 18.5 Å². The molecule has 0 aromatic heterocycles. The summed E-state index contributed by atoms with van der Waals surface area (Å²) < 4.78 is 12.2. The second kappa shape index (κ2) is 24.0. The first-order chi connectivity index (χ1) is 13.3. The van der Waals surface area contributed by atoms with Gasteiger partial charge in [-0.15, -0.1) is 0 Å². The Morgan fingerprint density at radius 2 is 0.741 bits per heavy atom. The number of ether oxygens (including phenoxy) is 2. The highest BCUT2D eigenvalue weighted by Crippen LogP contribution is 2.14. The Morgan fingerprint density at radius 3 is 1.15 bits per heavy atom. The van der Waals surface area contributed by atoms with Crippen molar-refractivity contribution in [2.24, 2.45) is 0 Å². The van der Waals surface area contributed by atoms with E-state index in [1.165, 1.54) is 116 Å². The van der Waals surface area contributed by atoms with Crippen molar-refractivity contribution in [1.82, 2.24) is 0 Å². The molecule has 2 heteroatoms. The van der Waals surface area contributed by atoms with E-state index in [9.17, 15) is 0 Å². The lowest BCUT2D eigenvalue weighted by atomic mass is 10.1. The van der Waals surface area contributed by atoms with Crippen LogP contribution in [0.25, 0.3) is 0 Å². The maximum absolute atomic E-state index is 6.10. The Hall–Kier alpha value is -0.0800. The zero-order valence-electron chi connectivity index (χ0n) is 19.2. The van der Waals surface area contributed by atoms with Crippen LogP contribution in [0.15, 0.2) is 0 Å². The van der Waals surface area contributed by atoms with Crippen molar-refractivity contribution in [3.63, 3.8) is 0 Å². The largest absolute Gasteiger partial charge is 0.353 e. The molecular weight excluding hydrogens is 332 g/mol. The highest BCUT2D eigenvalue weighted by Gasteiger charge is 2.09. The van der Waals surface area contributed by atoms with Gasteiger partial charge in [0.05, 0.1) is 0 Å². The maximum atomic E-state index is 6.10. The molecule has 0 N–H and O–H groups in total. The maximum Gasteiger partial charge on any atom is 0.157 e. The minimum Gasteiger partial charge on any atom is -0.353 e. The van der Waals surface area contributed by atoms with E-state index in [1.54, 1.807) is 0 Å². The molecule has 0 saturated carbocycles. The van der Waals surface area contributed by atoms with Crippen molar-refractivity contribution < 1.29 is 9.47 Å². The van der Waals surface area contributed by atoms with Gasteiger partial charge in [0.25, 0.3) is 0 Å². The van der Waals surface area contributed by atoms with E-state index in [0.717, 1.165) is 19.6 Å². The van der Waals surface area contributed by atoms with Crippen molar-refractivity contribution in [2.45, 2.75) is 149 Å². The molecule has 0 aliphatic rings. The molecule has 0 aliphatic heterocycles. The van der Waals surface area contributed by atoms with Gasteiger partial charge in [-0.25, -0.2) is 0 Å². The number of unbranched alkanes of at least 4 members (excludes halogenated alkanes) is 15. The average Bonchev–Trinajstić information content (AvgIpc) is 2.68. The summed E-state index contributed by atoms with van der Waals surface area (Å²) in [5.74, 6) is 0. The smallest absolute Gasteiger partial charge is 0.157 e. The molecule has 0 aromatic carbocycles. The lowest BCUT2D eigenvalue weighted by molar-refractivity contribution is -0.148. The van der Waals surface area contributed by atoms with Gasteiger partial charge in [0, 0.05) is 13.2 Å². The summed E-state index contributed by atoms with van der Waals surface area (Å²) >= 11 is 0. The van der Waals surface area contributed by atoms with Crippen LogP contribution in [-0.2, 0) is 9.47 Å². The summed E-state index contributed by atoms with van der Waals surface area (Å²) in [7, 11) is 0. The molecule has 0 bridgehead atoms. The highest BCUT2D eigenvalue weighted by atomic mass is 16.7. The minimum absolute atomic E-state index is 0.0439. The lowest BCUT2D eigenvalue weighted by Crippen LogP contribution is -2.19. The van der Waals surface area contributed by atoms with E-state index in [-0.39, 0.29) is 6.29 Å². The van der Waals surface area contributed by atoms with Gasteiger partial charge in [0.1, 0.15) is 0 Å². The van der Waals surface area contributed by atoms with E-state index >= 15 is 0 Å². The predicted molar refractivity (Wildman–Crippen MR) is 120 cm³/mol.